The van der Waals surface area contributed by atoms with Crippen LogP contribution < -0.4 is 20.3 Å². The first-order valence-corrected chi connectivity index (χ1v) is 12.6. The number of carbonyl (C=O) groups excluding carboxylic acids is 1. The highest BCUT2D eigenvalue weighted by Crippen LogP contribution is 2.32. The van der Waals surface area contributed by atoms with E-state index in [2.05, 4.69) is 5.32 Å². The molecule has 1 N–H and O–H groups in total. The number of para-hydroxylation sites is 1. The SMILES string of the molecule is COc1ccc(CCNC(=O)c2cn(C3CCCCC3)c(=O)c3c2c2ccccc2n3C)cc1OC. The van der Waals surface area contributed by atoms with E-state index in [0.717, 1.165) is 47.5 Å². The average Bonchev–Trinajstić information content (AvgIpc) is 3.22. The molecule has 1 aliphatic rings. The minimum atomic E-state index is -0.165. The zero-order chi connectivity index (χ0) is 25.2. The van der Waals surface area contributed by atoms with E-state index in [1.165, 1.54) is 6.42 Å². The van der Waals surface area contributed by atoms with Crippen molar-refractivity contribution < 1.29 is 14.3 Å². The van der Waals surface area contributed by atoms with Crippen LogP contribution >= 0.6 is 0 Å². The third-order valence-electron chi connectivity index (χ3n) is 7.44. The zero-order valence-electron chi connectivity index (χ0n) is 21.2. The van der Waals surface area contributed by atoms with E-state index in [4.69, 9.17) is 9.47 Å². The van der Waals surface area contributed by atoms with Crippen molar-refractivity contribution in [1.29, 1.82) is 0 Å². The number of aryl methyl sites for hydroxylation is 1. The molecule has 7 nitrogen and oxygen atoms in total. The Morgan fingerprint density at radius 1 is 1.03 bits per heavy atom. The van der Waals surface area contributed by atoms with Crippen LogP contribution in [0.15, 0.2) is 53.5 Å². The van der Waals surface area contributed by atoms with Gasteiger partial charge in [-0.25, -0.2) is 0 Å². The van der Waals surface area contributed by atoms with Crippen molar-refractivity contribution in [3.05, 3.63) is 70.1 Å². The molecule has 1 aliphatic carbocycles. The van der Waals surface area contributed by atoms with Crippen LogP contribution in [0.2, 0.25) is 0 Å². The topological polar surface area (TPSA) is 74.5 Å². The molecule has 0 atom stereocenters. The Balaban J connectivity index is 1.50. The molecular weight excluding hydrogens is 454 g/mol. The van der Waals surface area contributed by atoms with Gasteiger partial charge in [-0.05, 0) is 43.0 Å². The van der Waals surface area contributed by atoms with Crippen molar-refractivity contribution >= 4 is 27.7 Å². The number of pyridine rings is 1. The lowest BCUT2D eigenvalue weighted by Gasteiger charge is -2.25. The molecule has 188 valence electrons. The number of methoxy groups -OCH3 is 2. The predicted octanol–water partition coefficient (Wildman–Crippen LogP) is 4.99. The van der Waals surface area contributed by atoms with E-state index >= 15 is 0 Å². The number of aromatic nitrogens is 2. The summed E-state index contributed by atoms with van der Waals surface area (Å²) < 4.78 is 14.5. The summed E-state index contributed by atoms with van der Waals surface area (Å²) >= 11 is 0. The normalized spacial score (nSPS) is 14.3. The Morgan fingerprint density at radius 3 is 2.53 bits per heavy atom. The molecule has 0 radical (unpaired) electrons. The van der Waals surface area contributed by atoms with Gasteiger partial charge >= 0.3 is 0 Å². The maximum atomic E-state index is 13.7. The summed E-state index contributed by atoms with van der Waals surface area (Å²) in [6, 6.07) is 13.8. The van der Waals surface area contributed by atoms with E-state index < -0.39 is 0 Å². The molecule has 5 rings (SSSR count). The molecule has 1 saturated carbocycles. The lowest BCUT2D eigenvalue weighted by Crippen LogP contribution is -2.31. The first-order chi connectivity index (χ1) is 17.5. The van der Waals surface area contributed by atoms with E-state index in [0.29, 0.717) is 35.5 Å². The Morgan fingerprint density at radius 2 is 1.78 bits per heavy atom. The highest BCUT2D eigenvalue weighted by Gasteiger charge is 2.24. The second-order valence-electron chi connectivity index (χ2n) is 9.54. The number of amides is 1. The summed E-state index contributed by atoms with van der Waals surface area (Å²) in [7, 11) is 5.13. The standard InChI is InChI=1S/C29H33N3O4/c1-31-23-12-8-7-11-21(23)26-22(18-32(29(34)27(26)31)20-9-5-4-6-10-20)28(33)30-16-15-19-13-14-24(35-2)25(17-19)36-3/h7-8,11-14,17-18,20H,4-6,9-10,15-16H2,1-3H3,(H,30,33). The van der Waals surface area contributed by atoms with E-state index in [-0.39, 0.29) is 17.5 Å². The van der Waals surface area contributed by atoms with Gasteiger partial charge in [-0.1, -0.05) is 43.5 Å². The number of nitrogens with zero attached hydrogens (tertiary/aromatic N) is 2. The van der Waals surface area contributed by atoms with Crippen LogP contribution in [0.5, 0.6) is 11.5 Å². The molecule has 0 saturated heterocycles. The van der Waals surface area contributed by atoms with E-state index in [1.807, 2.05) is 58.6 Å². The van der Waals surface area contributed by atoms with Crippen LogP contribution in [0.3, 0.4) is 0 Å². The third kappa shape index (κ3) is 4.23. The van der Waals surface area contributed by atoms with Gasteiger partial charge in [0.1, 0.15) is 5.52 Å². The van der Waals surface area contributed by atoms with Gasteiger partial charge in [0.2, 0.25) is 0 Å². The van der Waals surface area contributed by atoms with Gasteiger partial charge in [-0.15, -0.1) is 0 Å². The van der Waals surface area contributed by atoms with Crippen LogP contribution in [-0.2, 0) is 13.5 Å². The molecule has 0 bridgehead atoms. The van der Waals surface area contributed by atoms with Crippen molar-refractivity contribution in [3.63, 3.8) is 0 Å². The predicted molar refractivity (Wildman–Crippen MR) is 142 cm³/mol. The number of ether oxygens (including phenoxy) is 2. The lowest BCUT2D eigenvalue weighted by atomic mass is 9.95. The van der Waals surface area contributed by atoms with Crippen LogP contribution in [0.25, 0.3) is 21.8 Å². The first kappa shape index (κ1) is 24.0. The van der Waals surface area contributed by atoms with E-state index in [9.17, 15) is 9.59 Å². The number of nitrogens with one attached hydrogen (secondary N) is 1. The fourth-order valence-corrected chi connectivity index (χ4v) is 5.56. The third-order valence-corrected chi connectivity index (χ3v) is 7.44. The van der Waals surface area contributed by atoms with Crippen LogP contribution in [0, 0.1) is 0 Å². The number of hydrogen-bond donors (Lipinski definition) is 1. The van der Waals surface area contributed by atoms with Gasteiger partial charge in [0, 0.05) is 42.1 Å². The molecule has 2 heterocycles. The summed E-state index contributed by atoms with van der Waals surface area (Å²) in [5.41, 5.74) is 3.12. The fraction of sp³-hybridized carbons (Fsp3) is 0.379. The Kier molecular flexibility index (Phi) is 6.72. The van der Waals surface area contributed by atoms with Gasteiger partial charge in [0.15, 0.2) is 11.5 Å². The average molecular weight is 488 g/mol. The number of hydrogen-bond acceptors (Lipinski definition) is 4. The van der Waals surface area contributed by atoms with E-state index in [1.54, 1.807) is 20.4 Å². The lowest BCUT2D eigenvalue weighted by molar-refractivity contribution is 0.0954. The number of benzene rings is 2. The smallest absolute Gasteiger partial charge is 0.275 e. The van der Waals surface area contributed by atoms with Gasteiger partial charge in [0.05, 0.1) is 19.8 Å². The summed E-state index contributed by atoms with van der Waals surface area (Å²) in [5, 5.41) is 4.75. The Labute approximate surface area is 210 Å². The first-order valence-electron chi connectivity index (χ1n) is 12.6. The van der Waals surface area contributed by atoms with Crippen LogP contribution in [0.4, 0.5) is 0 Å². The number of fused-ring (bicyclic) bond motifs is 3. The number of rotatable bonds is 7. The minimum absolute atomic E-state index is 0.0162. The monoisotopic (exact) mass is 487 g/mol. The van der Waals surface area contributed by atoms with Crippen molar-refractivity contribution in [2.45, 2.75) is 44.6 Å². The minimum Gasteiger partial charge on any atom is -0.493 e. The second-order valence-corrected chi connectivity index (χ2v) is 9.54. The van der Waals surface area contributed by atoms with Gasteiger partial charge in [0.25, 0.3) is 11.5 Å². The molecule has 1 fully saturated rings. The Bertz CT molecular complexity index is 1480. The highest BCUT2D eigenvalue weighted by atomic mass is 16.5. The van der Waals surface area contributed by atoms with Gasteiger partial charge in [-0.2, -0.15) is 0 Å². The molecule has 0 unspecified atom stereocenters. The van der Waals surface area contributed by atoms with Crippen molar-refractivity contribution in [1.82, 2.24) is 14.5 Å². The van der Waals surface area contributed by atoms with Crippen molar-refractivity contribution in [3.8, 4) is 11.5 Å². The Hall–Kier alpha value is -3.74. The molecule has 0 spiro atoms. The molecule has 1 amide bonds. The summed E-state index contributed by atoms with van der Waals surface area (Å²) in [6.45, 7) is 0.461. The van der Waals surface area contributed by atoms with Crippen molar-refractivity contribution in [2.24, 2.45) is 7.05 Å². The molecule has 7 heteroatoms. The molecule has 36 heavy (non-hydrogen) atoms. The van der Waals surface area contributed by atoms with Crippen LogP contribution in [0.1, 0.15) is 54.1 Å². The van der Waals surface area contributed by atoms with Gasteiger partial charge < -0.3 is 23.9 Å². The molecule has 4 aromatic rings. The summed E-state index contributed by atoms with van der Waals surface area (Å²) in [4.78, 5) is 27.3. The molecular formula is C29H33N3O4. The largest absolute Gasteiger partial charge is 0.493 e. The summed E-state index contributed by atoms with van der Waals surface area (Å²) in [5.74, 6) is 1.17. The van der Waals surface area contributed by atoms with Crippen LogP contribution in [-0.4, -0.2) is 35.8 Å². The fourth-order valence-electron chi connectivity index (χ4n) is 5.56. The molecule has 2 aromatic carbocycles. The number of carbonyl (C=O) groups is 1. The molecule has 0 aliphatic heterocycles. The quantitative estimate of drug-likeness (QED) is 0.399. The summed E-state index contributed by atoms with van der Waals surface area (Å²) in [6.07, 6.45) is 7.80. The zero-order valence-corrected chi connectivity index (χ0v) is 21.2. The van der Waals surface area contributed by atoms with Gasteiger partial charge in [-0.3, -0.25) is 9.59 Å². The second kappa shape index (κ2) is 10.1. The van der Waals surface area contributed by atoms with Crippen molar-refractivity contribution in [2.75, 3.05) is 20.8 Å². The highest BCUT2D eigenvalue weighted by molar-refractivity contribution is 6.17. The maximum absolute atomic E-state index is 13.7. The maximum Gasteiger partial charge on any atom is 0.275 e. The molecule has 2 aromatic heterocycles.